The van der Waals surface area contributed by atoms with Gasteiger partial charge in [0.2, 0.25) is 11.8 Å². The number of piperidine rings is 1. The van der Waals surface area contributed by atoms with Gasteiger partial charge in [0.25, 0.3) is 0 Å². The molecule has 1 N–H and O–H groups in total. The van der Waals surface area contributed by atoms with Crippen LogP contribution in [0.15, 0.2) is 18.2 Å². The molecule has 1 aliphatic carbocycles. The maximum atomic E-state index is 13.0. The number of fused-ring (bicyclic) bond motifs is 1. The number of hydrogen-bond acceptors (Lipinski definition) is 4. The standard InChI is InChI=1S/C23H28ClN5O2/c24-19-10-9-17(13-18(19)21-27-26-20-6-2-1-3-12-29(20)21)25-22(30)16-5-4-11-28(14-16)23(31)15-7-8-15/h9-10,13,15-16H,1-8,11-12,14H2,(H,25,30). The molecule has 31 heavy (non-hydrogen) atoms. The van der Waals surface area contributed by atoms with E-state index in [0.29, 0.717) is 17.3 Å². The molecule has 2 fully saturated rings. The Bertz CT molecular complexity index is 1000. The van der Waals surface area contributed by atoms with Gasteiger partial charge in [-0.3, -0.25) is 9.59 Å². The first-order valence-corrected chi connectivity index (χ1v) is 11.8. The molecule has 5 rings (SSSR count). The Morgan fingerprint density at radius 1 is 1.00 bits per heavy atom. The third-order valence-electron chi connectivity index (χ3n) is 6.61. The average molecular weight is 442 g/mol. The van der Waals surface area contributed by atoms with Crippen molar-refractivity contribution in [2.45, 2.75) is 57.9 Å². The van der Waals surface area contributed by atoms with Crippen LogP contribution in [0.2, 0.25) is 5.02 Å². The summed E-state index contributed by atoms with van der Waals surface area (Å²) in [6.45, 7) is 2.17. The molecular weight excluding hydrogens is 414 g/mol. The number of nitrogens with zero attached hydrogens (tertiary/aromatic N) is 4. The number of aromatic nitrogens is 3. The van der Waals surface area contributed by atoms with Crippen molar-refractivity contribution in [3.05, 3.63) is 29.0 Å². The number of benzene rings is 1. The van der Waals surface area contributed by atoms with Gasteiger partial charge in [0.05, 0.1) is 10.9 Å². The van der Waals surface area contributed by atoms with Crippen molar-refractivity contribution in [3.8, 4) is 11.4 Å². The monoisotopic (exact) mass is 441 g/mol. The van der Waals surface area contributed by atoms with Crippen LogP contribution < -0.4 is 5.32 Å². The van der Waals surface area contributed by atoms with Crippen LogP contribution in [0.25, 0.3) is 11.4 Å². The number of amides is 2. The molecule has 1 saturated carbocycles. The maximum Gasteiger partial charge on any atom is 0.229 e. The zero-order valence-corrected chi connectivity index (χ0v) is 18.4. The minimum absolute atomic E-state index is 0.0401. The summed E-state index contributed by atoms with van der Waals surface area (Å²) in [6, 6.07) is 5.51. The van der Waals surface area contributed by atoms with E-state index >= 15 is 0 Å². The van der Waals surface area contributed by atoms with Crippen molar-refractivity contribution in [3.63, 3.8) is 0 Å². The molecule has 3 heterocycles. The average Bonchev–Trinajstić information content (AvgIpc) is 3.60. The van der Waals surface area contributed by atoms with Crippen molar-refractivity contribution in [1.29, 1.82) is 0 Å². The van der Waals surface area contributed by atoms with E-state index in [1.165, 1.54) is 6.42 Å². The quantitative estimate of drug-likeness (QED) is 0.779. The number of halogens is 1. The second-order valence-corrected chi connectivity index (χ2v) is 9.39. The molecule has 1 aromatic carbocycles. The van der Waals surface area contributed by atoms with E-state index in [4.69, 9.17) is 11.6 Å². The molecule has 8 heteroatoms. The molecule has 1 atom stereocenters. The number of anilines is 1. The van der Waals surface area contributed by atoms with E-state index in [1.807, 2.05) is 17.0 Å². The normalized spacial score (nSPS) is 21.3. The second kappa shape index (κ2) is 8.61. The Hall–Kier alpha value is -2.41. The van der Waals surface area contributed by atoms with Gasteiger partial charge in [0.1, 0.15) is 5.82 Å². The molecule has 164 valence electrons. The highest BCUT2D eigenvalue weighted by Crippen LogP contribution is 2.34. The van der Waals surface area contributed by atoms with Crippen molar-refractivity contribution in [2.75, 3.05) is 18.4 Å². The van der Waals surface area contributed by atoms with E-state index < -0.39 is 0 Å². The zero-order valence-electron chi connectivity index (χ0n) is 17.6. The lowest BCUT2D eigenvalue weighted by Gasteiger charge is -2.32. The number of nitrogens with one attached hydrogen (secondary N) is 1. The Morgan fingerprint density at radius 2 is 1.87 bits per heavy atom. The van der Waals surface area contributed by atoms with Crippen LogP contribution in [0.4, 0.5) is 5.69 Å². The van der Waals surface area contributed by atoms with Gasteiger partial charge in [-0.1, -0.05) is 18.0 Å². The lowest BCUT2D eigenvalue weighted by Crippen LogP contribution is -2.44. The van der Waals surface area contributed by atoms with E-state index in [2.05, 4.69) is 20.1 Å². The first-order valence-electron chi connectivity index (χ1n) is 11.4. The summed E-state index contributed by atoms with van der Waals surface area (Å²) in [7, 11) is 0. The number of hydrogen-bond donors (Lipinski definition) is 1. The number of likely N-dealkylation sites (tertiary alicyclic amines) is 1. The first-order chi connectivity index (χ1) is 15.1. The van der Waals surface area contributed by atoms with Crippen LogP contribution in [0, 0.1) is 11.8 Å². The van der Waals surface area contributed by atoms with Gasteiger partial charge in [-0.05, 0) is 56.7 Å². The SMILES string of the molecule is O=C(Nc1ccc(Cl)c(-c2nnc3n2CCCCC3)c1)C1CCCN(C(=O)C2CC2)C1. The zero-order chi connectivity index (χ0) is 21.4. The Balaban J connectivity index is 1.32. The van der Waals surface area contributed by atoms with Crippen LogP contribution in [0.5, 0.6) is 0 Å². The fraction of sp³-hybridized carbons (Fsp3) is 0.565. The van der Waals surface area contributed by atoms with Crippen molar-refractivity contribution < 1.29 is 9.59 Å². The Morgan fingerprint density at radius 3 is 2.71 bits per heavy atom. The largest absolute Gasteiger partial charge is 0.342 e. The van der Waals surface area contributed by atoms with Gasteiger partial charge in [-0.2, -0.15) is 0 Å². The summed E-state index contributed by atoms with van der Waals surface area (Å²) in [4.78, 5) is 27.3. The summed E-state index contributed by atoms with van der Waals surface area (Å²) in [5.41, 5.74) is 1.48. The van der Waals surface area contributed by atoms with E-state index in [1.54, 1.807) is 6.07 Å². The highest BCUT2D eigenvalue weighted by molar-refractivity contribution is 6.33. The fourth-order valence-electron chi connectivity index (χ4n) is 4.68. The number of rotatable bonds is 4. The number of carbonyl (C=O) groups is 2. The minimum atomic E-state index is -0.181. The summed E-state index contributed by atoms with van der Waals surface area (Å²) < 4.78 is 2.16. The smallest absolute Gasteiger partial charge is 0.229 e. The summed E-state index contributed by atoms with van der Waals surface area (Å²) in [5, 5.41) is 12.4. The highest BCUT2D eigenvalue weighted by Gasteiger charge is 2.36. The van der Waals surface area contributed by atoms with E-state index in [-0.39, 0.29) is 23.7 Å². The van der Waals surface area contributed by atoms with Crippen LogP contribution in [-0.4, -0.2) is 44.6 Å². The maximum absolute atomic E-state index is 13.0. The molecule has 0 radical (unpaired) electrons. The van der Waals surface area contributed by atoms with Gasteiger partial charge in [0.15, 0.2) is 5.82 Å². The Kier molecular flexibility index (Phi) is 5.69. The predicted molar refractivity (Wildman–Crippen MR) is 119 cm³/mol. The highest BCUT2D eigenvalue weighted by atomic mass is 35.5. The van der Waals surface area contributed by atoms with Crippen molar-refractivity contribution in [2.24, 2.45) is 11.8 Å². The molecule has 2 amide bonds. The van der Waals surface area contributed by atoms with Crippen molar-refractivity contribution in [1.82, 2.24) is 19.7 Å². The van der Waals surface area contributed by atoms with Crippen molar-refractivity contribution >= 4 is 29.1 Å². The summed E-state index contributed by atoms with van der Waals surface area (Å²) >= 11 is 6.51. The first kappa shape index (κ1) is 20.5. The molecule has 3 aliphatic rings. The molecule has 7 nitrogen and oxygen atoms in total. The van der Waals surface area contributed by atoms with Gasteiger partial charge >= 0.3 is 0 Å². The molecule has 1 saturated heterocycles. The molecular formula is C23H28ClN5O2. The number of aryl methyl sites for hydroxylation is 1. The van der Waals surface area contributed by atoms with Gasteiger partial charge in [0, 0.05) is 43.2 Å². The lowest BCUT2D eigenvalue weighted by atomic mass is 9.96. The minimum Gasteiger partial charge on any atom is -0.342 e. The lowest BCUT2D eigenvalue weighted by molar-refractivity contribution is -0.135. The van der Waals surface area contributed by atoms with E-state index in [9.17, 15) is 9.59 Å². The van der Waals surface area contributed by atoms with Gasteiger partial charge in [-0.15, -0.1) is 10.2 Å². The summed E-state index contributed by atoms with van der Waals surface area (Å²) in [6.07, 6.45) is 8.01. The Labute approximate surface area is 187 Å². The molecule has 0 spiro atoms. The molecule has 1 aromatic heterocycles. The number of carbonyl (C=O) groups excluding carboxylic acids is 2. The van der Waals surface area contributed by atoms with Gasteiger partial charge in [-0.25, -0.2) is 0 Å². The van der Waals surface area contributed by atoms with Crippen LogP contribution >= 0.6 is 11.6 Å². The van der Waals surface area contributed by atoms with Crippen LogP contribution in [0.1, 0.15) is 50.8 Å². The van der Waals surface area contributed by atoms with E-state index in [0.717, 1.165) is 75.2 Å². The molecule has 2 aliphatic heterocycles. The molecule has 0 bridgehead atoms. The third kappa shape index (κ3) is 4.33. The predicted octanol–water partition coefficient (Wildman–Crippen LogP) is 3.91. The van der Waals surface area contributed by atoms with Crippen LogP contribution in [-0.2, 0) is 22.6 Å². The van der Waals surface area contributed by atoms with Crippen LogP contribution in [0.3, 0.4) is 0 Å². The summed E-state index contributed by atoms with van der Waals surface area (Å²) in [5.74, 6) is 1.96. The fourth-order valence-corrected chi connectivity index (χ4v) is 4.88. The second-order valence-electron chi connectivity index (χ2n) is 8.98. The third-order valence-corrected chi connectivity index (χ3v) is 6.94. The molecule has 2 aromatic rings. The molecule has 1 unspecified atom stereocenters. The van der Waals surface area contributed by atoms with Gasteiger partial charge < -0.3 is 14.8 Å². The topological polar surface area (TPSA) is 80.1 Å².